The number of benzene rings is 1. The maximum Gasteiger partial charge on any atom is 0.185 e. The van der Waals surface area contributed by atoms with Crippen molar-refractivity contribution in [2.45, 2.75) is 26.1 Å². The highest BCUT2D eigenvalue weighted by molar-refractivity contribution is 5.47. The molecule has 0 saturated heterocycles. The zero-order chi connectivity index (χ0) is 14.6. The molecule has 2 N–H and O–H groups in total. The van der Waals surface area contributed by atoms with E-state index in [4.69, 9.17) is 4.74 Å². The maximum atomic E-state index is 13.2. The number of hydrogen-bond acceptors (Lipinski definition) is 3. The number of halogens is 4. The van der Waals surface area contributed by atoms with E-state index in [2.05, 4.69) is 5.32 Å². The Bertz CT molecular complexity index is 414. The van der Waals surface area contributed by atoms with E-state index in [1.807, 2.05) is 0 Å². The summed E-state index contributed by atoms with van der Waals surface area (Å²) in [7, 11) is 0. The minimum absolute atomic E-state index is 0.0638. The van der Waals surface area contributed by atoms with Crippen molar-refractivity contribution in [2.24, 2.45) is 0 Å². The third kappa shape index (κ3) is 4.36. The van der Waals surface area contributed by atoms with Crippen molar-refractivity contribution in [3.05, 3.63) is 29.3 Å². The number of aliphatic hydroxyl groups is 1. The number of nitrogens with one attached hydrogen (secondary N) is 1. The second kappa shape index (κ2) is 6.72. The van der Waals surface area contributed by atoms with Gasteiger partial charge >= 0.3 is 0 Å². The summed E-state index contributed by atoms with van der Waals surface area (Å²) in [5, 5.41) is 11.6. The molecule has 108 valence electrons. The third-order valence-electron chi connectivity index (χ3n) is 2.25. The fourth-order valence-corrected chi connectivity index (χ4v) is 1.31. The van der Waals surface area contributed by atoms with E-state index in [0.717, 1.165) is 0 Å². The monoisotopic (exact) mass is 281 g/mol. The van der Waals surface area contributed by atoms with Crippen LogP contribution in [0, 0.1) is 23.3 Å². The lowest BCUT2D eigenvalue weighted by molar-refractivity contribution is 0.0111. The third-order valence-corrected chi connectivity index (χ3v) is 2.25. The Morgan fingerprint density at radius 3 is 2.16 bits per heavy atom. The van der Waals surface area contributed by atoms with Crippen LogP contribution in [0.1, 0.15) is 13.8 Å². The maximum absolute atomic E-state index is 13.2. The largest absolute Gasteiger partial charge is 0.389 e. The quantitative estimate of drug-likeness (QED) is 0.621. The van der Waals surface area contributed by atoms with E-state index in [1.54, 1.807) is 13.8 Å². The number of anilines is 1. The molecule has 1 unspecified atom stereocenters. The summed E-state index contributed by atoms with van der Waals surface area (Å²) in [5.74, 6) is -6.07. The van der Waals surface area contributed by atoms with E-state index < -0.39 is 35.1 Å². The predicted molar refractivity (Wildman–Crippen MR) is 61.9 cm³/mol. The van der Waals surface area contributed by atoms with Crippen LogP contribution in [-0.2, 0) is 4.74 Å². The topological polar surface area (TPSA) is 41.5 Å². The van der Waals surface area contributed by atoms with Crippen LogP contribution in [0.15, 0.2) is 6.07 Å². The van der Waals surface area contributed by atoms with Gasteiger partial charge in [0.2, 0.25) is 0 Å². The van der Waals surface area contributed by atoms with E-state index in [9.17, 15) is 22.7 Å². The van der Waals surface area contributed by atoms with Gasteiger partial charge in [-0.15, -0.1) is 0 Å². The van der Waals surface area contributed by atoms with E-state index >= 15 is 0 Å². The second-order valence-electron chi connectivity index (χ2n) is 4.26. The molecule has 1 rings (SSSR count). The van der Waals surface area contributed by atoms with Crippen LogP contribution in [0.3, 0.4) is 0 Å². The Kier molecular flexibility index (Phi) is 5.56. The SMILES string of the molecule is CC(C)OCC(O)CNc1c(F)c(F)cc(F)c1F. The molecule has 0 radical (unpaired) electrons. The van der Waals surface area contributed by atoms with Gasteiger partial charge in [0.25, 0.3) is 0 Å². The Labute approximate surface area is 108 Å². The number of rotatable bonds is 6. The summed E-state index contributed by atoms with van der Waals surface area (Å²) in [6.45, 7) is 3.14. The van der Waals surface area contributed by atoms with Crippen LogP contribution in [0.4, 0.5) is 23.2 Å². The summed E-state index contributed by atoms with van der Waals surface area (Å²) < 4.78 is 57.4. The Balaban J connectivity index is 2.67. The molecule has 19 heavy (non-hydrogen) atoms. The molecule has 0 aliphatic carbocycles. The molecular weight excluding hydrogens is 266 g/mol. The molecule has 0 fully saturated rings. The number of hydrogen-bond donors (Lipinski definition) is 2. The Morgan fingerprint density at radius 1 is 1.16 bits per heavy atom. The molecule has 7 heteroatoms. The summed E-state index contributed by atoms with van der Waals surface area (Å²) in [6.07, 6.45) is -1.18. The van der Waals surface area contributed by atoms with Gasteiger partial charge < -0.3 is 15.2 Å². The van der Waals surface area contributed by atoms with Crippen LogP contribution >= 0.6 is 0 Å². The normalized spacial score (nSPS) is 12.8. The minimum atomic E-state index is -1.53. The Hall–Kier alpha value is -1.34. The van der Waals surface area contributed by atoms with Gasteiger partial charge in [0, 0.05) is 12.6 Å². The van der Waals surface area contributed by atoms with Crippen LogP contribution in [0.5, 0.6) is 0 Å². The van der Waals surface area contributed by atoms with Gasteiger partial charge in [0.05, 0.1) is 18.8 Å². The molecule has 0 heterocycles. The molecule has 0 aliphatic rings. The van der Waals surface area contributed by atoms with Crippen molar-refractivity contribution in [1.29, 1.82) is 0 Å². The molecule has 1 atom stereocenters. The molecule has 0 aromatic heterocycles. The highest BCUT2D eigenvalue weighted by Crippen LogP contribution is 2.23. The van der Waals surface area contributed by atoms with E-state index in [-0.39, 0.29) is 25.3 Å². The first-order valence-electron chi connectivity index (χ1n) is 5.69. The van der Waals surface area contributed by atoms with Gasteiger partial charge in [0.1, 0.15) is 5.69 Å². The van der Waals surface area contributed by atoms with Crippen LogP contribution in [-0.4, -0.2) is 30.5 Å². The minimum Gasteiger partial charge on any atom is -0.389 e. The van der Waals surface area contributed by atoms with Crippen molar-refractivity contribution >= 4 is 5.69 Å². The highest BCUT2D eigenvalue weighted by atomic mass is 19.2. The lowest BCUT2D eigenvalue weighted by atomic mass is 10.2. The summed E-state index contributed by atoms with van der Waals surface area (Å²) in [5.41, 5.74) is -0.943. The predicted octanol–water partition coefficient (Wildman–Crippen LogP) is 2.44. The van der Waals surface area contributed by atoms with Crippen LogP contribution in [0.2, 0.25) is 0 Å². The second-order valence-corrected chi connectivity index (χ2v) is 4.26. The van der Waals surface area contributed by atoms with Gasteiger partial charge in [-0.05, 0) is 13.8 Å². The zero-order valence-electron chi connectivity index (χ0n) is 10.5. The van der Waals surface area contributed by atoms with E-state index in [1.165, 1.54) is 0 Å². The summed E-state index contributed by atoms with van der Waals surface area (Å²) in [6, 6.07) is 0.119. The smallest absolute Gasteiger partial charge is 0.185 e. The number of ether oxygens (including phenoxy) is 1. The summed E-state index contributed by atoms with van der Waals surface area (Å²) in [4.78, 5) is 0. The van der Waals surface area contributed by atoms with Gasteiger partial charge in [0.15, 0.2) is 23.3 Å². The van der Waals surface area contributed by atoms with Crippen LogP contribution in [0.25, 0.3) is 0 Å². The molecule has 1 aromatic carbocycles. The van der Waals surface area contributed by atoms with Gasteiger partial charge in [-0.3, -0.25) is 0 Å². The first kappa shape index (κ1) is 15.7. The lowest BCUT2D eigenvalue weighted by Crippen LogP contribution is -2.27. The zero-order valence-corrected chi connectivity index (χ0v) is 10.5. The van der Waals surface area contributed by atoms with Crippen molar-refractivity contribution < 1.29 is 27.4 Å². The molecule has 3 nitrogen and oxygen atoms in total. The fraction of sp³-hybridized carbons (Fsp3) is 0.500. The first-order chi connectivity index (χ1) is 8.82. The molecule has 1 aromatic rings. The molecule has 0 spiro atoms. The van der Waals surface area contributed by atoms with Crippen molar-refractivity contribution in [3.63, 3.8) is 0 Å². The average molecular weight is 281 g/mol. The molecule has 0 saturated carbocycles. The average Bonchev–Trinajstić information content (AvgIpc) is 2.34. The molecule has 0 aliphatic heterocycles. The van der Waals surface area contributed by atoms with Gasteiger partial charge in [-0.1, -0.05) is 0 Å². The van der Waals surface area contributed by atoms with Crippen molar-refractivity contribution in [3.8, 4) is 0 Å². The first-order valence-corrected chi connectivity index (χ1v) is 5.69. The van der Waals surface area contributed by atoms with Crippen molar-refractivity contribution in [2.75, 3.05) is 18.5 Å². The summed E-state index contributed by atoms with van der Waals surface area (Å²) >= 11 is 0. The van der Waals surface area contributed by atoms with Crippen LogP contribution < -0.4 is 5.32 Å². The fourth-order valence-electron chi connectivity index (χ4n) is 1.31. The number of aliphatic hydroxyl groups excluding tert-OH is 1. The highest BCUT2D eigenvalue weighted by Gasteiger charge is 2.19. The van der Waals surface area contributed by atoms with E-state index in [0.29, 0.717) is 0 Å². The molecule has 0 bridgehead atoms. The Morgan fingerprint density at radius 2 is 1.68 bits per heavy atom. The molecular formula is C12H15F4NO2. The lowest BCUT2D eigenvalue weighted by Gasteiger charge is -2.15. The van der Waals surface area contributed by atoms with Gasteiger partial charge in [-0.25, -0.2) is 17.6 Å². The van der Waals surface area contributed by atoms with Crippen molar-refractivity contribution in [1.82, 2.24) is 0 Å². The standard InChI is InChI=1S/C12H15F4NO2/c1-6(2)19-5-7(18)4-17-12-10(15)8(13)3-9(14)11(12)16/h3,6-7,17-18H,4-5H2,1-2H3. The molecule has 0 amide bonds. The van der Waals surface area contributed by atoms with Gasteiger partial charge in [-0.2, -0.15) is 0 Å².